The summed E-state index contributed by atoms with van der Waals surface area (Å²) in [7, 11) is -3.89. The van der Waals surface area contributed by atoms with Crippen LogP contribution in [0.3, 0.4) is 0 Å². The fourth-order valence-electron chi connectivity index (χ4n) is 3.88. The monoisotopic (exact) mass is 471 g/mol. The summed E-state index contributed by atoms with van der Waals surface area (Å²) in [4.78, 5) is 24.1. The van der Waals surface area contributed by atoms with Gasteiger partial charge in [-0.1, -0.05) is 69.0 Å². The molecule has 0 aliphatic heterocycles. The van der Waals surface area contributed by atoms with Crippen LogP contribution in [0.25, 0.3) is 21.7 Å². The van der Waals surface area contributed by atoms with E-state index in [-0.39, 0.29) is 6.16 Å². The second kappa shape index (κ2) is 12.5. The van der Waals surface area contributed by atoms with Gasteiger partial charge in [-0.25, -0.2) is 0 Å². The van der Waals surface area contributed by atoms with Crippen LogP contribution in [0.1, 0.15) is 63.1 Å². The topological polar surface area (TPSA) is 70.4 Å². The predicted molar refractivity (Wildman–Crippen MR) is 135 cm³/mol. The number of benzene rings is 1. The fraction of sp³-hybridized carbons (Fsp3) is 0.423. The van der Waals surface area contributed by atoms with Crippen LogP contribution in [-0.4, -0.2) is 20.9 Å². The summed E-state index contributed by atoms with van der Waals surface area (Å²) in [5.41, 5.74) is 5.77. The van der Waals surface area contributed by atoms with Gasteiger partial charge in [-0.05, 0) is 60.7 Å². The minimum absolute atomic E-state index is 0.0333. The van der Waals surface area contributed by atoms with Crippen LogP contribution in [0.4, 0.5) is 0 Å². The average molecular weight is 472 g/mol. The van der Waals surface area contributed by atoms with Crippen molar-refractivity contribution in [2.45, 2.75) is 64.7 Å². The zero-order chi connectivity index (χ0) is 22.8. The fourth-order valence-corrected chi connectivity index (χ4v) is 5.24. The summed E-state index contributed by atoms with van der Waals surface area (Å²) in [6.07, 6.45) is 9.26. The van der Waals surface area contributed by atoms with Gasteiger partial charge in [0.2, 0.25) is 0 Å². The van der Waals surface area contributed by atoms with E-state index in [1.54, 1.807) is 11.3 Å². The molecular weight excluding hydrogens is 437 g/mol. The van der Waals surface area contributed by atoms with Crippen molar-refractivity contribution >= 4 is 18.9 Å². The van der Waals surface area contributed by atoms with Crippen LogP contribution in [0.2, 0.25) is 0 Å². The molecule has 2 heterocycles. The van der Waals surface area contributed by atoms with Crippen LogP contribution in [0, 0.1) is 0 Å². The third-order valence-corrected chi connectivity index (χ3v) is 7.45. The number of hydrogen-bond donors (Lipinski definition) is 2. The molecule has 0 spiro atoms. The first-order valence-corrected chi connectivity index (χ1v) is 14.3. The zero-order valence-corrected chi connectivity index (χ0v) is 20.6. The third-order valence-electron chi connectivity index (χ3n) is 5.67. The average Bonchev–Trinajstić information content (AvgIpc) is 3.31. The van der Waals surface area contributed by atoms with Crippen LogP contribution in [0.15, 0.2) is 53.9 Å². The number of unbranched alkanes of at least 4 members (excludes halogenated alkanes) is 5. The minimum atomic E-state index is -3.89. The number of nitrogens with zero attached hydrogens (tertiary/aromatic N) is 1. The van der Waals surface area contributed by atoms with Crippen molar-refractivity contribution in [1.29, 1.82) is 0 Å². The third kappa shape index (κ3) is 7.97. The normalized spacial score (nSPS) is 11.7. The second-order valence-corrected chi connectivity index (χ2v) is 11.1. The Balaban J connectivity index is 1.70. The standard InChI is InChI=1S/C26H34NO3PS/c1-2-3-4-6-10-21-13-15-22(16-14-21)24-18-17-23(11-7-5-8-19-31(28,29)30)27-26(24)25-12-9-20-32-25/h9,12-18,20H,2-8,10-11,19H2,1H3,(H2,28,29,30). The number of pyridine rings is 1. The molecule has 172 valence electrons. The van der Waals surface area contributed by atoms with Gasteiger partial charge < -0.3 is 9.79 Å². The molecule has 0 saturated carbocycles. The Labute approximate surface area is 195 Å². The summed E-state index contributed by atoms with van der Waals surface area (Å²) in [6, 6.07) is 17.3. The van der Waals surface area contributed by atoms with E-state index in [9.17, 15) is 4.57 Å². The molecule has 0 saturated heterocycles. The van der Waals surface area contributed by atoms with Gasteiger partial charge in [0.05, 0.1) is 10.6 Å². The van der Waals surface area contributed by atoms with Crippen LogP contribution >= 0.6 is 18.9 Å². The van der Waals surface area contributed by atoms with E-state index in [2.05, 4.69) is 60.8 Å². The van der Waals surface area contributed by atoms with Crippen molar-refractivity contribution in [3.63, 3.8) is 0 Å². The minimum Gasteiger partial charge on any atom is -0.324 e. The molecule has 32 heavy (non-hydrogen) atoms. The van der Waals surface area contributed by atoms with Gasteiger partial charge in [0, 0.05) is 17.4 Å². The first-order valence-electron chi connectivity index (χ1n) is 11.6. The lowest BCUT2D eigenvalue weighted by molar-refractivity contribution is 0.371. The highest BCUT2D eigenvalue weighted by atomic mass is 32.1. The van der Waals surface area contributed by atoms with Gasteiger partial charge in [0.15, 0.2) is 0 Å². The summed E-state index contributed by atoms with van der Waals surface area (Å²) in [5.74, 6) is 0. The Morgan fingerprint density at radius 2 is 1.62 bits per heavy atom. The molecule has 0 unspecified atom stereocenters. The van der Waals surface area contributed by atoms with Gasteiger partial charge in [-0.3, -0.25) is 9.55 Å². The van der Waals surface area contributed by atoms with E-state index in [0.717, 1.165) is 47.5 Å². The molecule has 0 aliphatic rings. The van der Waals surface area contributed by atoms with Crippen LogP contribution in [0.5, 0.6) is 0 Å². The molecule has 0 amide bonds. The highest BCUT2D eigenvalue weighted by Crippen LogP contribution is 2.36. The largest absolute Gasteiger partial charge is 0.325 e. The molecule has 2 aromatic heterocycles. The smallest absolute Gasteiger partial charge is 0.324 e. The van der Waals surface area contributed by atoms with E-state index in [0.29, 0.717) is 6.42 Å². The Morgan fingerprint density at radius 3 is 2.31 bits per heavy atom. The van der Waals surface area contributed by atoms with E-state index < -0.39 is 7.60 Å². The maximum Gasteiger partial charge on any atom is 0.325 e. The lowest BCUT2D eigenvalue weighted by Crippen LogP contribution is -1.96. The quantitative estimate of drug-likeness (QED) is 0.200. The van der Waals surface area contributed by atoms with E-state index in [1.807, 2.05) is 0 Å². The maximum atomic E-state index is 11.0. The predicted octanol–water partition coefficient (Wildman–Crippen LogP) is 7.49. The molecule has 0 fully saturated rings. The molecule has 6 heteroatoms. The van der Waals surface area contributed by atoms with Crippen molar-refractivity contribution < 1.29 is 14.4 Å². The maximum absolute atomic E-state index is 11.0. The number of rotatable bonds is 13. The van der Waals surface area contributed by atoms with E-state index in [1.165, 1.54) is 36.8 Å². The Hall–Kier alpha value is -1.78. The second-order valence-electron chi connectivity index (χ2n) is 8.38. The summed E-state index contributed by atoms with van der Waals surface area (Å²) in [6.45, 7) is 2.24. The molecule has 2 N–H and O–H groups in total. The Kier molecular flexibility index (Phi) is 9.68. The molecule has 3 rings (SSSR count). The van der Waals surface area contributed by atoms with Crippen LogP contribution in [-0.2, 0) is 17.4 Å². The molecule has 3 aromatic rings. The van der Waals surface area contributed by atoms with Gasteiger partial charge in [0.25, 0.3) is 0 Å². The lowest BCUT2D eigenvalue weighted by atomic mass is 9.98. The highest BCUT2D eigenvalue weighted by Gasteiger charge is 2.13. The van der Waals surface area contributed by atoms with Crippen molar-refractivity contribution in [2.75, 3.05) is 6.16 Å². The number of aromatic nitrogens is 1. The van der Waals surface area contributed by atoms with Gasteiger partial charge in [0.1, 0.15) is 0 Å². The molecule has 0 aliphatic carbocycles. The molecule has 1 aromatic carbocycles. The SMILES string of the molecule is CCCCCCc1ccc(-c2ccc(CCCCCP(=O)(O)O)nc2-c2cccs2)cc1. The molecule has 0 bridgehead atoms. The Bertz CT molecular complexity index is 996. The number of thiophene rings is 1. The molecule has 4 nitrogen and oxygen atoms in total. The zero-order valence-electron chi connectivity index (χ0n) is 18.9. The van der Waals surface area contributed by atoms with Gasteiger partial charge >= 0.3 is 7.60 Å². The van der Waals surface area contributed by atoms with Gasteiger partial charge in [-0.2, -0.15) is 0 Å². The van der Waals surface area contributed by atoms with E-state index >= 15 is 0 Å². The van der Waals surface area contributed by atoms with Crippen molar-refractivity contribution in [1.82, 2.24) is 4.98 Å². The van der Waals surface area contributed by atoms with Gasteiger partial charge in [-0.15, -0.1) is 11.3 Å². The highest BCUT2D eigenvalue weighted by molar-refractivity contribution is 7.51. The first kappa shape index (κ1) is 24.9. The van der Waals surface area contributed by atoms with Crippen molar-refractivity contribution in [3.05, 3.63) is 65.2 Å². The first-order chi connectivity index (χ1) is 15.5. The number of hydrogen-bond acceptors (Lipinski definition) is 3. The molecule has 0 radical (unpaired) electrons. The Morgan fingerprint density at radius 1 is 0.875 bits per heavy atom. The van der Waals surface area contributed by atoms with Crippen LogP contribution < -0.4 is 0 Å². The lowest BCUT2D eigenvalue weighted by Gasteiger charge is -2.11. The summed E-state index contributed by atoms with van der Waals surface area (Å²) < 4.78 is 11.0. The molecular formula is C26H34NO3PS. The summed E-state index contributed by atoms with van der Waals surface area (Å²) >= 11 is 1.70. The summed E-state index contributed by atoms with van der Waals surface area (Å²) in [5, 5.41) is 2.08. The molecule has 0 atom stereocenters. The van der Waals surface area contributed by atoms with E-state index in [4.69, 9.17) is 14.8 Å². The van der Waals surface area contributed by atoms with Crippen molar-refractivity contribution in [3.8, 4) is 21.7 Å². The van der Waals surface area contributed by atoms with Crippen molar-refractivity contribution in [2.24, 2.45) is 0 Å². The number of aryl methyl sites for hydroxylation is 2.